The molecule has 0 spiro atoms. The van der Waals surface area contributed by atoms with E-state index >= 15 is 0 Å². The number of carbonyl (C=O) groups is 1. The number of aliphatic hydroxyl groups excluding tert-OH is 1. The third kappa shape index (κ3) is 6.13. The Morgan fingerprint density at radius 3 is 2.61 bits per heavy atom. The van der Waals surface area contributed by atoms with Crippen LogP contribution in [0.3, 0.4) is 0 Å². The molecule has 128 valence electrons. The van der Waals surface area contributed by atoms with Gasteiger partial charge in [0, 0.05) is 24.2 Å². The Balaban J connectivity index is 1.72. The van der Waals surface area contributed by atoms with Gasteiger partial charge in [0.2, 0.25) is 5.91 Å². The van der Waals surface area contributed by atoms with E-state index in [0.29, 0.717) is 5.02 Å². The zero-order valence-corrected chi connectivity index (χ0v) is 14.6. The Labute approximate surface area is 143 Å². The number of unbranched alkanes of at least 4 members (excludes halogenated alkanes) is 1. The molecule has 1 saturated heterocycles. The molecule has 2 N–H and O–H groups in total. The second kappa shape index (κ2) is 9.26. The molecule has 1 fully saturated rings. The fourth-order valence-electron chi connectivity index (χ4n) is 2.95. The maximum absolute atomic E-state index is 12.1. The highest BCUT2D eigenvalue weighted by atomic mass is 35.5. The molecular formula is C18H27ClN2O2. The summed E-state index contributed by atoms with van der Waals surface area (Å²) in [5.74, 6) is -0.0838. The second-order valence-corrected chi connectivity index (χ2v) is 6.74. The summed E-state index contributed by atoms with van der Waals surface area (Å²) in [5, 5.41) is 13.8. The molecule has 1 aromatic rings. The van der Waals surface area contributed by atoms with Gasteiger partial charge in [-0.15, -0.1) is 0 Å². The SMILES string of the molecule is CCCCN1CCC(NC(=O)CC(O)c2ccc(Cl)cc2)CC1. The minimum absolute atomic E-state index is 0.0838. The maximum atomic E-state index is 12.1. The molecule has 4 nitrogen and oxygen atoms in total. The predicted octanol–water partition coefficient (Wildman–Crippen LogP) is 3.14. The van der Waals surface area contributed by atoms with Crippen molar-refractivity contribution in [1.29, 1.82) is 0 Å². The average molecular weight is 339 g/mol. The van der Waals surface area contributed by atoms with Crippen molar-refractivity contribution in [2.75, 3.05) is 19.6 Å². The first-order valence-corrected chi connectivity index (χ1v) is 8.91. The largest absolute Gasteiger partial charge is 0.388 e. The van der Waals surface area contributed by atoms with Crippen LogP contribution in [0, 0.1) is 0 Å². The van der Waals surface area contributed by atoms with E-state index < -0.39 is 6.10 Å². The van der Waals surface area contributed by atoms with Gasteiger partial charge < -0.3 is 15.3 Å². The van der Waals surface area contributed by atoms with E-state index in [2.05, 4.69) is 17.1 Å². The van der Waals surface area contributed by atoms with Gasteiger partial charge in [-0.2, -0.15) is 0 Å². The van der Waals surface area contributed by atoms with Crippen molar-refractivity contribution in [2.45, 2.75) is 51.2 Å². The molecule has 1 unspecified atom stereocenters. The molecule has 5 heteroatoms. The molecule has 0 aromatic heterocycles. The number of likely N-dealkylation sites (tertiary alicyclic amines) is 1. The maximum Gasteiger partial charge on any atom is 0.223 e. The van der Waals surface area contributed by atoms with Crippen LogP contribution in [0.25, 0.3) is 0 Å². The summed E-state index contributed by atoms with van der Waals surface area (Å²) in [7, 11) is 0. The van der Waals surface area contributed by atoms with E-state index in [1.165, 1.54) is 12.8 Å². The van der Waals surface area contributed by atoms with Crippen LogP contribution in [0.5, 0.6) is 0 Å². The normalized spacial score (nSPS) is 17.9. The molecule has 0 saturated carbocycles. The topological polar surface area (TPSA) is 52.6 Å². The molecule has 23 heavy (non-hydrogen) atoms. The van der Waals surface area contributed by atoms with Gasteiger partial charge in [0.1, 0.15) is 0 Å². The van der Waals surface area contributed by atoms with Gasteiger partial charge in [-0.25, -0.2) is 0 Å². The lowest BCUT2D eigenvalue weighted by Gasteiger charge is -2.32. The molecule has 0 aliphatic carbocycles. The lowest BCUT2D eigenvalue weighted by atomic mass is 10.0. The molecule has 2 rings (SSSR count). The van der Waals surface area contributed by atoms with Gasteiger partial charge >= 0.3 is 0 Å². The number of rotatable bonds is 7. The molecular weight excluding hydrogens is 312 g/mol. The van der Waals surface area contributed by atoms with E-state index in [0.717, 1.165) is 38.0 Å². The summed E-state index contributed by atoms with van der Waals surface area (Å²) in [4.78, 5) is 14.6. The minimum Gasteiger partial charge on any atom is -0.388 e. The summed E-state index contributed by atoms with van der Waals surface area (Å²) >= 11 is 5.83. The molecule has 0 bridgehead atoms. The van der Waals surface area contributed by atoms with Crippen molar-refractivity contribution in [3.05, 3.63) is 34.9 Å². The number of halogens is 1. The second-order valence-electron chi connectivity index (χ2n) is 6.31. The Bertz CT molecular complexity index is 484. The number of benzene rings is 1. The standard InChI is InChI=1S/C18H27ClN2O2/c1-2-3-10-21-11-8-16(9-12-21)20-18(23)13-17(22)14-4-6-15(19)7-5-14/h4-7,16-17,22H,2-3,8-13H2,1H3,(H,20,23). The Kier molecular flexibility index (Phi) is 7.34. The van der Waals surface area contributed by atoms with Gasteiger partial charge in [0.15, 0.2) is 0 Å². The van der Waals surface area contributed by atoms with Gasteiger partial charge in [-0.3, -0.25) is 4.79 Å². The third-order valence-electron chi connectivity index (χ3n) is 4.41. The number of nitrogens with one attached hydrogen (secondary N) is 1. The predicted molar refractivity (Wildman–Crippen MR) is 93.5 cm³/mol. The summed E-state index contributed by atoms with van der Waals surface area (Å²) in [5.41, 5.74) is 0.721. The van der Waals surface area contributed by atoms with Crippen LogP contribution in [-0.2, 0) is 4.79 Å². The molecule has 1 aromatic carbocycles. The first-order chi connectivity index (χ1) is 11.1. The molecule has 0 radical (unpaired) electrons. The zero-order valence-electron chi connectivity index (χ0n) is 13.8. The van der Waals surface area contributed by atoms with Gasteiger partial charge in [-0.1, -0.05) is 37.1 Å². The Morgan fingerprint density at radius 1 is 1.35 bits per heavy atom. The number of nitrogens with zero attached hydrogens (tertiary/aromatic N) is 1. The van der Waals surface area contributed by atoms with Crippen molar-refractivity contribution >= 4 is 17.5 Å². The number of hydrogen-bond donors (Lipinski definition) is 2. The monoisotopic (exact) mass is 338 g/mol. The first kappa shape index (κ1) is 18.2. The molecule has 1 atom stereocenters. The van der Waals surface area contributed by atoms with Crippen molar-refractivity contribution in [3.63, 3.8) is 0 Å². The first-order valence-electron chi connectivity index (χ1n) is 8.53. The minimum atomic E-state index is -0.781. The Morgan fingerprint density at radius 2 is 2.00 bits per heavy atom. The quantitative estimate of drug-likeness (QED) is 0.803. The fraction of sp³-hybridized carbons (Fsp3) is 0.611. The number of aliphatic hydroxyl groups is 1. The summed E-state index contributed by atoms with van der Waals surface area (Å²) < 4.78 is 0. The number of carbonyl (C=O) groups excluding carboxylic acids is 1. The van der Waals surface area contributed by atoms with Crippen molar-refractivity contribution in [3.8, 4) is 0 Å². The van der Waals surface area contributed by atoms with Crippen LogP contribution in [0.1, 0.15) is 50.7 Å². The summed E-state index contributed by atoms with van der Waals surface area (Å²) in [6, 6.07) is 7.20. The summed E-state index contributed by atoms with van der Waals surface area (Å²) in [6.07, 6.45) is 3.76. The highest BCUT2D eigenvalue weighted by molar-refractivity contribution is 6.30. The lowest BCUT2D eigenvalue weighted by molar-refractivity contribution is -0.124. The number of hydrogen-bond acceptors (Lipinski definition) is 3. The number of amides is 1. The molecule has 1 aliphatic rings. The summed E-state index contributed by atoms with van der Waals surface area (Å²) in [6.45, 7) is 5.46. The zero-order chi connectivity index (χ0) is 16.7. The number of piperidine rings is 1. The molecule has 1 heterocycles. The molecule has 1 aliphatic heterocycles. The van der Waals surface area contributed by atoms with Crippen LogP contribution in [-0.4, -0.2) is 41.6 Å². The van der Waals surface area contributed by atoms with Crippen molar-refractivity contribution < 1.29 is 9.90 Å². The van der Waals surface area contributed by atoms with E-state index in [1.54, 1.807) is 24.3 Å². The van der Waals surface area contributed by atoms with Crippen molar-refractivity contribution in [2.24, 2.45) is 0 Å². The molecule has 1 amide bonds. The smallest absolute Gasteiger partial charge is 0.223 e. The average Bonchev–Trinajstić information content (AvgIpc) is 2.54. The highest BCUT2D eigenvalue weighted by Gasteiger charge is 2.21. The fourth-order valence-corrected chi connectivity index (χ4v) is 3.07. The Hall–Kier alpha value is -1.10. The van der Waals surface area contributed by atoms with E-state index in [9.17, 15) is 9.90 Å². The highest BCUT2D eigenvalue weighted by Crippen LogP contribution is 2.19. The van der Waals surface area contributed by atoms with Gasteiger partial charge in [0.25, 0.3) is 0 Å². The van der Waals surface area contributed by atoms with E-state index in [4.69, 9.17) is 11.6 Å². The van der Waals surface area contributed by atoms with Gasteiger partial charge in [-0.05, 0) is 43.5 Å². The third-order valence-corrected chi connectivity index (χ3v) is 4.67. The van der Waals surface area contributed by atoms with E-state index in [-0.39, 0.29) is 18.4 Å². The van der Waals surface area contributed by atoms with Crippen LogP contribution in [0.4, 0.5) is 0 Å². The van der Waals surface area contributed by atoms with Crippen LogP contribution in [0.15, 0.2) is 24.3 Å². The van der Waals surface area contributed by atoms with Gasteiger partial charge in [0.05, 0.1) is 12.5 Å². The van der Waals surface area contributed by atoms with Crippen LogP contribution < -0.4 is 5.32 Å². The van der Waals surface area contributed by atoms with Crippen molar-refractivity contribution in [1.82, 2.24) is 10.2 Å². The lowest BCUT2D eigenvalue weighted by Crippen LogP contribution is -2.45. The van der Waals surface area contributed by atoms with Crippen LogP contribution >= 0.6 is 11.6 Å². The van der Waals surface area contributed by atoms with E-state index in [1.807, 2.05) is 0 Å². The van der Waals surface area contributed by atoms with Crippen LogP contribution in [0.2, 0.25) is 5.02 Å².